The van der Waals surface area contributed by atoms with Crippen LogP contribution < -0.4 is 5.32 Å². The highest BCUT2D eigenvalue weighted by Gasteiger charge is 2.26. The molecule has 0 aliphatic carbocycles. The molecule has 2 aromatic carbocycles. The highest BCUT2D eigenvalue weighted by Crippen LogP contribution is 2.35. The van der Waals surface area contributed by atoms with Gasteiger partial charge in [-0.05, 0) is 24.3 Å². The van der Waals surface area contributed by atoms with E-state index in [4.69, 9.17) is 5.26 Å². The van der Waals surface area contributed by atoms with E-state index in [1.165, 1.54) is 24.3 Å². The minimum Gasteiger partial charge on any atom is -0.325 e. The quantitative estimate of drug-likeness (QED) is 0.501. The molecule has 0 bridgehead atoms. The molecule has 0 radical (unpaired) electrons. The van der Waals surface area contributed by atoms with Crippen LogP contribution in [-0.4, -0.2) is 5.91 Å². The zero-order chi connectivity index (χ0) is 17.9. The molecule has 9 heteroatoms. The molecule has 2 aromatic rings. The lowest BCUT2D eigenvalue weighted by Crippen LogP contribution is -2.09. The van der Waals surface area contributed by atoms with Gasteiger partial charge in [0.25, 0.3) is 0 Å². The Balaban J connectivity index is 2.24. The average Bonchev–Trinajstić information content (AvgIpc) is 2.57. The predicted octanol–water partition coefficient (Wildman–Crippen LogP) is 4.39. The van der Waals surface area contributed by atoms with Gasteiger partial charge in [0.15, 0.2) is 23.3 Å². The number of rotatable bonds is 4. The molecule has 0 aliphatic heterocycles. The number of nitrogens with one attached hydrogen (secondary N) is 1. The van der Waals surface area contributed by atoms with Crippen LogP contribution in [0.2, 0.25) is 0 Å². The first-order chi connectivity index (χ1) is 11.3. The first-order valence-electron chi connectivity index (χ1n) is 6.31. The van der Waals surface area contributed by atoms with Crippen molar-refractivity contribution in [2.45, 2.75) is 16.2 Å². The lowest BCUT2D eigenvalue weighted by atomic mass is 10.3. The van der Waals surface area contributed by atoms with Crippen molar-refractivity contribution in [1.82, 2.24) is 0 Å². The number of halogens is 5. The molecule has 1 N–H and O–H groups in total. The van der Waals surface area contributed by atoms with E-state index < -0.39 is 39.9 Å². The molecule has 2 rings (SSSR count). The maximum absolute atomic E-state index is 13.6. The maximum Gasteiger partial charge on any atom is 0.238 e. The maximum atomic E-state index is 13.6. The van der Waals surface area contributed by atoms with Crippen molar-refractivity contribution in [3.05, 3.63) is 53.4 Å². The van der Waals surface area contributed by atoms with Crippen LogP contribution in [0.25, 0.3) is 0 Å². The van der Waals surface area contributed by atoms with E-state index in [0.717, 1.165) is 0 Å². The fraction of sp³-hybridized carbons (Fsp3) is 0.0667. The second-order valence-electron chi connectivity index (χ2n) is 4.41. The molecule has 0 atom stereocenters. The number of anilines is 1. The SMILES string of the molecule is N#CCC(=O)Nc1ccc(Sc2c(F)c(F)c(F)c(F)c2F)cc1. The van der Waals surface area contributed by atoms with Gasteiger partial charge >= 0.3 is 0 Å². The Bertz CT molecular complexity index is 804. The third-order valence-electron chi connectivity index (χ3n) is 2.77. The van der Waals surface area contributed by atoms with Gasteiger partial charge in [-0.3, -0.25) is 4.79 Å². The van der Waals surface area contributed by atoms with Gasteiger partial charge in [-0.15, -0.1) is 0 Å². The number of amides is 1. The topological polar surface area (TPSA) is 52.9 Å². The fourth-order valence-corrected chi connectivity index (χ4v) is 2.54. The van der Waals surface area contributed by atoms with Crippen molar-refractivity contribution in [3.8, 4) is 6.07 Å². The number of nitrogens with zero attached hydrogens (tertiary/aromatic N) is 1. The van der Waals surface area contributed by atoms with Crippen molar-refractivity contribution in [3.63, 3.8) is 0 Å². The van der Waals surface area contributed by atoms with Crippen LogP contribution in [0.3, 0.4) is 0 Å². The molecular formula is C15H7F5N2OS. The summed E-state index contributed by atoms with van der Waals surface area (Å²) in [4.78, 5) is 10.4. The van der Waals surface area contributed by atoms with Crippen LogP contribution >= 0.6 is 11.8 Å². The standard InChI is InChI=1S/C15H7F5N2OS/c16-10-11(17)13(19)15(14(20)12(10)18)24-8-3-1-7(2-4-8)22-9(23)5-6-21/h1-4H,5H2,(H,22,23). The van der Waals surface area contributed by atoms with Gasteiger partial charge < -0.3 is 5.32 Å². The first kappa shape index (κ1) is 17.7. The molecule has 0 spiro atoms. The minimum absolute atomic E-state index is 0.191. The lowest BCUT2D eigenvalue weighted by Gasteiger charge is -2.08. The summed E-state index contributed by atoms with van der Waals surface area (Å²) in [6.45, 7) is 0. The third-order valence-corrected chi connectivity index (χ3v) is 3.84. The van der Waals surface area contributed by atoms with Gasteiger partial charge in [0, 0.05) is 10.6 Å². The molecule has 24 heavy (non-hydrogen) atoms. The van der Waals surface area contributed by atoms with Crippen molar-refractivity contribution in [2.75, 3.05) is 5.32 Å². The number of nitriles is 1. The number of hydrogen-bond donors (Lipinski definition) is 1. The van der Waals surface area contributed by atoms with Gasteiger partial charge in [0.1, 0.15) is 6.42 Å². The Morgan fingerprint density at radius 1 is 0.958 bits per heavy atom. The number of carbonyl (C=O) groups is 1. The summed E-state index contributed by atoms with van der Waals surface area (Å²) in [6, 6.07) is 7.04. The second-order valence-corrected chi connectivity index (χ2v) is 5.49. The van der Waals surface area contributed by atoms with Gasteiger partial charge in [0.05, 0.1) is 11.0 Å². The van der Waals surface area contributed by atoms with Crippen molar-refractivity contribution in [1.29, 1.82) is 5.26 Å². The molecule has 124 valence electrons. The largest absolute Gasteiger partial charge is 0.325 e. The van der Waals surface area contributed by atoms with Crippen LogP contribution in [-0.2, 0) is 4.79 Å². The molecular weight excluding hydrogens is 351 g/mol. The van der Waals surface area contributed by atoms with Crippen molar-refractivity contribution in [2.24, 2.45) is 0 Å². The van der Waals surface area contributed by atoms with Crippen LogP contribution in [0.15, 0.2) is 34.1 Å². The summed E-state index contributed by atoms with van der Waals surface area (Å²) in [5.74, 6) is -10.6. The van der Waals surface area contributed by atoms with E-state index in [-0.39, 0.29) is 11.3 Å². The minimum atomic E-state index is -2.22. The van der Waals surface area contributed by atoms with E-state index >= 15 is 0 Å². The molecule has 3 nitrogen and oxygen atoms in total. The highest BCUT2D eigenvalue weighted by atomic mass is 32.2. The summed E-state index contributed by atoms with van der Waals surface area (Å²) in [5, 5.41) is 10.8. The zero-order valence-corrected chi connectivity index (χ0v) is 12.5. The normalized spacial score (nSPS) is 10.3. The lowest BCUT2D eigenvalue weighted by molar-refractivity contribution is -0.115. The molecule has 0 unspecified atom stereocenters. The van der Waals surface area contributed by atoms with Crippen LogP contribution in [0.1, 0.15) is 6.42 Å². The van der Waals surface area contributed by atoms with Gasteiger partial charge in [-0.25, -0.2) is 22.0 Å². The second kappa shape index (κ2) is 7.31. The predicted molar refractivity (Wildman–Crippen MR) is 75.7 cm³/mol. The van der Waals surface area contributed by atoms with Gasteiger partial charge in [0.2, 0.25) is 11.7 Å². The summed E-state index contributed by atoms with van der Waals surface area (Å²) < 4.78 is 66.4. The Hall–Kier alpha value is -2.60. The number of hydrogen-bond acceptors (Lipinski definition) is 3. The highest BCUT2D eigenvalue weighted by molar-refractivity contribution is 7.99. The summed E-state index contributed by atoms with van der Waals surface area (Å²) in [6.07, 6.45) is -0.346. The fourth-order valence-electron chi connectivity index (χ4n) is 1.68. The molecule has 0 heterocycles. The zero-order valence-electron chi connectivity index (χ0n) is 11.7. The van der Waals surface area contributed by atoms with Crippen LogP contribution in [0.5, 0.6) is 0 Å². The summed E-state index contributed by atoms with van der Waals surface area (Å²) in [5.41, 5.74) is 0.317. The van der Waals surface area contributed by atoms with E-state index in [1.54, 1.807) is 6.07 Å². The monoisotopic (exact) mass is 358 g/mol. The Morgan fingerprint density at radius 2 is 1.46 bits per heavy atom. The molecule has 0 aromatic heterocycles. The smallest absolute Gasteiger partial charge is 0.238 e. The Morgan fingerprint density at radius 3 is 1.96 bits per heavy atom. The first-order valence-corrected chi connectivity index (χ1v) is 7.13. The van der Waals surface area contributed by atoms with E-state index in [2.05, 4.69) is 5.32 Å². The molecule has 1 amide bonds. The van der Waals surface area contributed by atoms with Crippen LogP contribution in [0.4, 0.5) is 27.6 Å². The number of benzene rings is 2. The van der Waals surface area contributed by atoms with Crippen molar-refractivity contribution < 1.29 is 26.7 Å². The van der Waals surface area contributed by atoms with Crippen LogP contribution in [0, 0.1) is 40.4 Å². The Labute approximate surface area is 137 Å². The van der Waals surface area contributed by atoms with E-state index in [9.17, 15) is 26.7 Å². The third kappa shape index (κ3) is 3.65. The van der Waals surface area contributed by atoms with E-state index in [1.807, 2.05) is 0 Å². The van der Waals surface area contributed by atoms with Crippen molar-refractivity contribution >= 4 is 23.4 Å². The molecule has 0 fully saturated rings. The molecule has 0 saturated carbocycles. The Kier molecular flexibility index (Phi) is 5.41. The van der Waals surface area contributed by atoms with Gasteiger partial charge in [-0.2, -0.15) is 5.26 Å². The average molecular weight is 358 g/mol. The van der Waals surface area contributed by atoms with Gasteiger partial charge in [-0.1, -0.05) is 11.8 Å². The summed E-state index contributed by atoms with van der Waals surface area (Å²) in [7, 11) is 0. The molecule has 0 saturated heterocycles. The molecule has 0 aliphatic rings. The van der Waals surface area contributed by atoms with E-state index in [0.29, 0.717) is 17.4 Å². The summed E-state index contributed by atoms with van der Waals surface area (Å²) >= 11 is 0.354. The number of carbonyl (C=O) groups excluding carboxylic acids is 1.